The van der Waals surface area contributed by atoms with Crippen molar-refractivity contribution in [1.82, 2.24) is 0 Å². The number of phenols is 1. The van der Waals surface area contributed by atoms with E-state index in [9.17, 15) is 19.9 Å². The Balaban J connectivity index is 2.45. The van der Waals surface area contributed by atoms with Crippen LogP contribution in [0.15, 0.2) is 36.4 Å². The molecule has 0 unspecified atom stereocenters. The summed E-state index contributed by atoms with van der Waals surface area (Å²) in [6.07, 6.45) is 0.332. The largest absolute Gasteiger partial charge is 0.507 e. The average Bonchev–Trinajstić information content (AvgIpc) is 2.53. The molecule has 0 amide bonds. The number of phenolic OH excluding ortho intramolecular Hbond substituents is 1. The number of hydrogen-bond donors (Lipinski definition) is 3. The van der Waals surface area contributed by atoms with Gasteiger partial charge in [0.1, 0.15) is 12.4 Å². The number of carbonyl (C=O) groups excluding carboxylic acids is 1. The van der Waals surface area contributed by atoms with E-state index >= 15 is 0 Å². The van der Waals surface area contributed by atoms with Crippen LogP contribution >= 0.6 is 0 Å². The zero-order valence-electron chi connectivity index (χ0n) is 11.9. The molecule has 0 saturated heterocycles. The normalized spacial score (nSPS) is 10.1. The van der Waals surface area contributed by atoms with Gasteiger partial charge in [-0.2, -0.15) is 0 Å². The fourth-order valence-corrected chi connectivity index (χ4v) is 2.07. The predicted octanol–water partition coefficient (Wildman–Crippen LogP) is 0.472. The van der Waals surface area contributed by atoms with Crippen molar-refractivity contribution in [3.05, 3.63) is 47.5 Å². The molecule has 0 aliphatic carbocycles. The zero-order valence-corrected chi connectivity index (χ0v) is 11.9. The molecule has 2 aromatic carbocycles. The minimum atomic E-state index is -1.99. The fourth-order valence-electron chi connectivity index (χ4n) is 2.07. The minimum Gasteiger partial charge on any atom is -0.507 e. The van der Waals surface area contributed by atoms with Crippen LogP contribution in [-0.2, 0) is 6.61 Å². The highest BCUT2D eigenvalue weighted by Gasteiger charge is 2.28. The Morgan fingerprint density at radius 3 is 2.45 bits per heavy atom. The highest BCUT2D eigenvalue weighted by Crippen LogP contribution is 2.32. The van der Waals surface area contributed by atoms with Crippen LogP contribution in [-0.4, -0.2) is 35.7 Å². The summed E-state index contributed by atoms with van der Waals surface area (Å²) in [4.78, 5) is 11.1. The molecule has 0 heterocycles. The second-order valence-electron chi connectivity index (χ2n) is 4.52. The number of benzene rings is 2. The molecular weight excluding hydrogens is 287 g/mol. The lowest BCUT2D eigenvalue weighted by molar-refractivity contribution is 0.112. The molecule has 0 bridgehead atoms. The smallest absolute Gasteiger partial charge is 0.493 e. The number of aldehydes is 1. The third-order valence-corrected chi connectivity index (χ3v) is 3.12. The first-order chi connectivity index (χ1) is 10.6. The Kier molecular flexibility index (Phi) is 5.03. The van der Waals surface area contributed by atoms with Crippen LogP contribution in [0.5, 0.6) is 17.2 Å². The van der Waals surface area contributed by atoms with Gasteiger partial charge in [0.25, 0.3) is 0 Å². The van der Waals surface area contributed by atoms with Gasteiger partial charge >= 0.3 is 7.12 Å². The molecule has 2 aromatic rings. The molecule has 7 heteroatoms. The summed E-state index contributed by atoms with van der Waals surface area (Å²) in [6, 6.07) is 10.4. The first-order valence-corrected chi connectivity index (χ1v) is 6.50. The van der Waals surface area contributed by atoms with Gasteiger partial charge in [0.05, 0.1) is 12.7 Å². The molecule has 3 N–H and O–H groups in total. The molecule has 0 aliphatic heterocycles. The second-order valence-corrected chi connectivity index (χ2v) is 4.52. The number of carbonyl (C=O) groups is 1. The Bertz CT molecular complexity index is 657. The SMILES string of the molecule is COc1cc(O)c(C=O)c(B(O)O)c1OCc1ccccc1. The van der Waals surface area contributed by atoms with Crippen molar-refractivity contribution in [3.8, 4) is 17.2 Å². The number of hydrogen-bond acceptors (Lipinski definition) is 6. The summed E-state index contributed by atoms with van der Waals surface area (Å²) < 4.78 is 10.7. The standard InChI is InChI=1S/C15H15BO6/c1-21-13-7-12(18)11(8-17)14(16(19)20)15(13)22-9-10-5-3-2-4-6-10/h2-8,18-20H,9H2,1H3. The van der Waals surface area contributed by atoms with E-state index in [0.29, 0.717) is 6.29 Å². The highest BCUT2D eigenvalue weighted by molar-refractivity contribution is 6.61. The third-order valence-electron chi connectivity index (χ3n) is 3.12. The van der Waals surface area contributed by atoms with Crippen LogP contribution in [0.25, 0.3) is 0 Å². The summed E-state index contributed by atoms with van der Waals surface area (Å²) in [5.41, 5.74) is 0.366. The van der Waals surface area contributed by atoms with Gasteiger partial charge < -0.3 is 24.6 Å². The molecule has 6 nitrogen and oxygen atoms in total. The van der Waals surface area contributed by atoms with E-state index in [-0.39, 0.29) is 29.1 Å². The molecule has 0 atom stereocenters. The maximum atomic E-state index is 11.1. The summed E-state index contributed by atoms with van der Waals surface area (Å²) >= 11 is 0. The average molecular weight is 302 g/mol. The molecule has 0 fully saturated rings. The van der Waals surface area contributed by atoms with Crippen molar-refractivity contribution >= 4 is 18.9 Å². The topological polar surface area (TPSA) is 96.2 Å². The van der Waals surface area contributed by atoms with E-state index < -0.39 is 12.9 Å². The van der Waals surface area contributed by atoms with Crippen LogP contribution in [0.2, 0.25) is 0 Å². The van der Waals surface area contributed by atoms with Crippen molar-refractivity contribution in [3.63, 3.8) is 0 Å². The van der Waals surface area contributed by atoms with Crippen molar-refractivity contribution in [1.29, 1.82) is 0 Å². The first kappa shape index (κ1) is 15.9. The van der Waals surface area contributed by atoms with E-state index in [1.165, 1.54) is 13.2 Å². The molecule has 0 spiro atoms. The van der Waals surface area contributed by atoms with Gasteiger partial charge in [0, 0.05) is 11.5 Å². The van der Waals surface area contributed by atoms with Gasteiger partial charge in [-0.05, 0) is 5.56 Å². The summed E-state index contributed by atoms with van der Waals surface area (Å²) in [6.45, 7) is 0.139. The minimum absolute atomic E-state index is 0.00116. The number of methoxy groups -OCH3 is 1. The van der Waals surface area contributed by atoms with Gasteiger partial charge in [-0.25, -0.2) is 0 Å². The Labute approximate surface area is 127 Å². The number of rotatable bonds is 6. The lowest BCUT2D eigenvalue weighted by Gasteiger charge is -2.17. The summed E-state index contributed by atoms with van der Waals surface area (Å²) in [7, 11) is -0.648. The van der Waals surface area contributed by atoms with Gasteiger partial charge in [0.15, 0.2) is 17.8 Å². The van der Waals surface area contributed by atoms with E-state index in [1.807, 2.05) is 30.3 Å². The van der Waals surface area contributed by atoms with Gasteiger partial charge in [-0.15, -0.1) is 0 Å². The lowest BCUT2D eigenvalue weighted by atomic mass is 9.76. The third kappa shape index (κ3) is 3.21. The van der Waals surface area contributed by atoms with Crippen LogP contribution in [0.1, 0.15) is 15.9 Å². The van der Waals surface area contributed by atoms with Gasteiger partial charge in [0.2, 0.25) is 0 Å². The van der Waals surface area contributed by atoms with Crippen molar-refractivity contribution in [2.45, 2.75) is 6.61 Å². The molecule has 22 heavy (non-hydrogen) atoms. The molecule has 0 radical (unpaired) electrons. The maximum absolute atomic E-state index is 11.1. The highest BCUT2D eigenvalue weighted by atomic mass is 16.5. The van der Waals surface area contributed by atoms with Crippen LogP contribution < -0.4 is 14.9 Å². The summed E-state index contributed by atoms with van der Waals surface area (Å²) in [5, 5.41) is 28.8. The zero-order chi connectivity index (χ0) is 16.1. The van der Waals surface area contributed by atoms with Crippen molar-refractivity contribution in [2.24, 2.45) is 0 Å². The Hall–Kier alpha value is -2.51. The fraction of sp³-hybridized carbons (Fsp3) is 0.133. The van der Waals surface area contributed by atoms with Gasteiger partial charge in [-0.1, -0.05) is 30.3 Å². The van der Waals surface area contributed by atoms with Crippen molar-refractivity contribution < 1.29 is 29.4 Å². The number of ether oxygens (including phenoxy) is 2. The molecule has 0 saturated carbocycles. The number of aromatic hydroxyl groups is 1. The quantitative estimate of drug-likeness (QED) is 0.530. The predicted molar refractivity (Wildman–Crippen MR) is 80.6 cm³/mol. The van der Waals surface area contributed by atoms with E-state index in [2.05, 4.69) is 0 Å². The van der Waals surface area contributed by atoms with Crippen molar-refractivity contribution in [2.75, 3.05) is 7.11 Å². The lowest BCUT2D eigenvalue weighted by Crippen LogP contribution is -2.35. The van der Waals surface area contributed by atoms with Crippen LogP contribution in [0, 0.1) is 0 Å². The Morgan fingerprint density at radius 2 is 1.91 bits per heavy atom. The van der Waals surface area contributed by atoms with Gasteiger partial charge in [-0.3, -0.25) is 4.79 Å². The molecule has 0 aromatic heterocycles. The molecule has 114 valence electrons. The van der Waals surface area contributed by atoms with Crippen LogP contribution in [0.4, 0.5) is 0 Å². The molecule has 2 rings (SSSR count). The first-order valence-electron chi connectivity index (χ1n) is 6.50. The van der Waals surface area contributed by atoms with E-state index in [1.54, 1.807) is 0 Å². The molecule has 0 aliphatic rings. The summed E-state index contributed by atoms with van der Waals surface area (Å²) in [5.74, 6) is -0.314. The van der Waals surface area contributed by atoms with E-state index in [4.69, 9.17) is 9.47 Å². The second kappa shape index (κ2) is 6.97. The maximum Gasteiger partial charge on any atom is 0.493 e. The molecular formula is C15H15BO6. The van der Waals surface area contributed by atoms with E-state index in [0.717, 1.165) is 5.56 Å². The van der Waals surface area contributed by atoms with Crippen LogP contribution in [0.3, 0.4) is 0 Å². The monoisotopic (exact) mass is 302 g/mol. The Morgan fingerprint density at radius 1 is 1.23 bits per heavy atom.